The summed E-state index contributed by atoms with van der Waals surface area (Å²) in [5.74, 6) is 0. The van der Waals surface area contributed by atoms with Crippen molar-refractivity contribution in [2.75, 3.05) is 0 Å². The van der Waals surface area contributed by atoms with Crippen LogP contribution in [-0.4, -0.2) is 0 Å². The minimum Gasteiger partial charge on any atom is -0.103 e. The van der Waals surface area contributed by atoms with Crippen LogP contribution in [0.4, 0.5) is 0 Å². The van der Waals surface area contributed by atoms with Crippen molar-refractivity contribution in [2.24, 2.45) is 0 Å². The van der Waals surface area contributed by atoms with Crippen LogP contribution in [0.25, 0.3) is 11.1 Å². The summed E-state index contributed by atoms with van der Waals surface area (Å²) < 4.78 is 0. The SMILES string of the molecule is C=CCCC.c1ccc2c(c1)Cc1ccccc1-2. The number of hydrogen-bond donors (Lipinski definition) is 0. The maximum Gasteiger partial charge on any atom is -0.00135 e. The third-order valence-corrected chi connectivity index (χ3v) is 3.20. The van der Waals surface area contributed by atoms with Crippen LogP contribution in [0.2, 0.25) is 0 Å². The van der Waals surface area contributed by atoms with E-state index in [0.29, 0.717) is 0 Å². The fraction of sp³-hybridized carbons (Fsp3) is 0.222. The van der Waals surface area contributed by atoms with Gasteiger partial charge in [-0.15, -0.1) is 6.58 Å². The first-order chi connectivity index (χ1) is 8.86. The van der Waals surface area contributed by atoms with Gasteiger partial charge < -0.3 is 0 Å². The third-order valence-electron chi connectivity index (χ3n) is 3.20. The van der Waals surface area contributed by atoms with E-state index in [0.717, 1.165) is 12.8 Å². The molecule has 0 saturated heterocycles. The van der Waals surface area contributed by atoms with E-state index in [1.165, 1.54) is 28.7 Å². The Balaban J connectivity index is 0.000000209. The monoisotopic (exact) mass is 236 g/mol. The van der Waals surface area contributed by atoms with Gasteiger partial charge in [0.05, 0.1) is 0 Å². The Labute approximate surface area is 110 Å². The third kappa shape index (κ3) is 2.70. The van der Waals surface area contributed by atoms with Crippen LogP contribution in [0.3, 0.4) is 0 Å². The lowest BCUT2D eigenvalue weighted by Gasteiger charge is -1.98. The van der Waals surface area contributed by atoms with Crippen molar-refractivity contribution in [1.82, 2.24) is 0 Å². The molecule has 1 aliphatic carbocycles. The van der Waals surface area contributed by atoms with E-state index in [4.69, 9.17) is 0 Å². The predicted molar refractivity (Wildman–Crippen MR) is 79.8 cm³/mol. The van der Waals surface area contributed by atoms with Crippen LogP contribution in [0.5, 0.6) is 0 Å². The molecule has 0 amide bonds. The summed E-state index contributed by atoms with van der Waals surface area (Å²) in [6.45, 7) is 5.69. The molecule has 0 bridgehead atoms. The summed E-state index contributed by atoms with van der Waals surface area (Å²) in [7, 11) is 0. The molecule has 0 saturated carbocycles. The summed E-state index contributed by atoms with van der Waals surface area (Å²) in [5, 5.41) is 0. The Kier molecular flexibility index (Phi) is 4.35. The summed E-state index contributed by atoms with van der Waals surface area (Å²) in [4.78, 5) is 0. The van der Waals surface area contributed by atoms with Crippen molar-refractivity contribution in [3.63, 3.8) is 0 Å². The van der Waals surface area contributed by atoms with Crippen molar-refractivity contribution in [1.29, 1.82) is 0 Å². The van der Waals surface area contributed by atoms with Gasteiger partial charge in [-0.05, 0) is 35.1 Å². The fourth-order valence-corrected chi connectivity index (χ4v) is 2.28. The molecule has 1 aliphatic rings. The first-order valence-electron chi connectivity index (χ1n) is 6.64. The Bertz CT molecular complexity index is 480. The zero-order chi connectivity index (χ0) is 12.8. The van der Waals surface area contributed by atoms with Crippen LogP contribution in [0.1, 0.15) is 30.9 Å². The van der Waals surface area contributed by atoms with E-state index >= 15 is 0 Å². The van der Waals surface area contributed by atoms with E-state index in [1.807, 2.05) is 6.08 Å². The van der Waals surface area contributed by atoms with Gasteiger partial charge in [0, 0.05) is 0 Å². The number of allylic oxidation sites excluding steroid dienone is 1. The van der Waals surface area contributed by atoms with E-state index in [-0.39, 0.29) is 0 Å². The molecule has 0 aromatic heterocycles. The Morgan fingerprint density at radius 2 is 1.44 bits per heavy atom. The topological polar surface area (TPSA) is 0 Å². The molecule has 0 radical (unpaired) electrons. The normalized spacial score (nSPS) is 10.9. The lowest BCUT2D eigenvalue weighted by atomic mass is 10.1. The molecule has 0 atom stereocenters. The molecular formula is C18H20. The van der Waals surface area contributed by atoms with Crippen molar-refractivity contribution in [3.8, 4) is 11.1 Å². The average Bonchev–Trinajstić information content (AvgIpc) is 2.79. The molecule has 18 heavy (non-hydrogen) atoms. The number of rotatable bonds is 2. The van der Waals surface area contributed by atoms with Gasteiger partial charge in [-0.3, -0.25) is 0 Å². The van der Waals surface area contributed by atoms with Gasteiger partial charge in [-0.2, -0.15) is 0 Å². The first kappa shape index (κ1) is 12.6. The van der Waals surface area contributed by atoms with E-state index < -0.39 is 0 Å². The summed E-state index contributed by atoms with van der Waals surface area (Å²) in [6.07, 6.45) is 5.41. The lowest BCUT2D eigenvalue weighted by molar-refractivity contribution is 0.961. The minimum absolute atomic E-state index is 1.10. The largest absolute Gasteiger partial charge is 0.103 e. The molecule has 0 N–H and O–H groups in total. The number of benzene rings is 2. The van der Waals surface area contributed by atoms with Crippen LogP contribution >= 0.6 is 0 Å². The minimum atomic E-state index is 1.10. The van der Waals surface area contributed by atoms with E-state index in [2.05, 4.69) is 62.0 Å². The Hall–Kier alpha value is -1.82. The van der Waals surface area contributed by atoms with Crippen LogP contribution < -0.4 is 0 Å². The molecule has 92 valence electrons. The van der Waals surface area contributed by atoms with Gasteiger partial charge in [0.15, 0.2) is 0 Å². The molecule has 0 fully saturated rings. The van der Waals surface area contributed by atoms with E-state index in [1.54, 1.807) is 0 Å². The summed E-state index contributed by atoms with van der Waals surface area (Å²) in [5.41, 5.74) is 5.75. The Morgan fingerprint density at radius 3 is 1.83 bits per heavy atom. The zero-order valence-corrected chi connectivity index (χ0v) is 11.0. The fourth-order valence-electron chi connectivity index (χ4n) is 2.28. The quantitative estimate of drug-likeness (QED) is 0.534. The van der Waals surface area contributed by atoms with Gasteiger partial charge in [-0.25, -0.2) is 0 Å². The molecule has 0 spiro atoms. The van der Waals surface area contributed by atoms with Gasteiger partial charge in [0.2, 0.25) is 0 Å². The first-order valence-corrected chi connectivity index (χ1v) is 6.64. The second-order valence-electron chi connectivity index (χ2n) is 4.57. The maximum absolute atomic E-state index is 3.55. The number of hydrogen-bond acceptors (Lipinski definition) is 0. The molecule has 3 rings (SSSR count). The Morgan fingerprint density at radius 1 is 0.944 bits per heavy atom. The highest BCUT2D eigenvalue weighted by Crippen LogP contribution is 2.35. The molecule has 2 aromatic rings. The number of fused-ring (bicyclic) bond motifs is 3. The highest BCUT2D eigenvalue weighted by molar-refractivity contribution is 5.76. The van der Waals surface area contributed by atoms with E-state index in [9.17, 15) is 0 Å². The smallest absolute Gasteiger partial charge is 0.00135 e. The van der Waals surface area contributed by atoms with Crippen molar-refractivity contribution >= 4 is 0 Å². The highest BCUT2D eigenvalue weighted by atomic mass is 14.2. The number of unbranched alkanes of at least 4 members (excludes halogenated alkanes) is 1. The molecule has 0 heterocycles. The predicted octanol–water partition coefficient (Wildman–Crippen LogP) is 5.23. The van der Waals surface area contributed by atoms with Crippen molar-refractivity contribution in [3.05, 3.63) is 72.3 Å². The van der Waals surface area contributed by atoms with Gasteiger partial charge in [0.1, 0.15) is 0 Å². The highest BCUT2D eigenvalue weighted by Gasteiger charge is 2.15. The molecule has 2 aromatic carbocycles. The zero-order valence-electron chi connectivity index (χ0n) is 11.0. The lowest BCUT2D eigenvalue weighted by Crippen LogP contribution is -1.77. The average molecular weight is 236 g/mol. The van der Waals surface area contributed by atoms with Crippen LogP contribution in [0, 0.1) is 0 Å². The van der Waals surface area contributed by atoms with Crippen LogP contribution in [0.15, 0.2) is 61.2 Å². The van der Waals surface area contributed by atoms with Crippen LogP contribution in [-0.2, 0) is 6.42 Å². The molecule has 0 aliphatic heterocycles. The second kappa shape index (κ2) is 6.20. The second-order valence-corrected chi connectivity index (χ2v) is 4.57. The molecule has 0 unspecified atom stereocenters. The molecular weight excluding hydrogens is 216 g/mol. The van der Waals surface area contributed by atoms with Crippen molar-refractivity contribution in [2.45, 2.75) is 26.2 Å². The maximum atomic E-state index is 3.55. The molecule has 0 nitrogen and oxygen atoms in total. The van der Waals surface area contributed by atoms with Gasteiger partial charge in [-0.1, -0.05) is 68.0 Å². The van der Waals surface area contributed by atoms with Crippen molar-refractivity contribution < 1.29 is 0 Å². The van der Waals surface area contributed by atoms with Gasteiger partial charge >= 0.3 is 0 Å². The summed E-state index contributed by atoms with van der Waals surface area (Å²) >= 11 is 0. The van der Waals surface area contributed by atoms with Gasteiger partial charge in [0.25, 0.3) is 0 Å². The molecule has 0 heteroatoms. The summed E-state index contributed by atoms with van der Waals surface area (Å²) in [6, 6.07) is 17.3. The standard InChI is InChI=1S/C13H10.C5H10/c1-3-7-12-10(5-1)9-11-6-2-4-8-13(11)12;1-3-5-4-2/h1-8H,9H2;3H,1,4-5H2,2H3.